The predicted octanol–water partition coefficient (Wildman–Crippen LogP) is 11.1. The maximum Gasteiger partial charge on any atom is 0.120 e. The summed E-state index contributed by atoms with van der Waals surface area (Å²) in [6.07, 6.45) is -7.48. The lowest BCUT2D eigenvalue weighted by molar-refractivity contribution is -0.235. The number of aliphatic hydroxyl groups excluding tert-OH is 8. The van der Waals surface area contributed by atoms with Crippen molar-refractivity contribution >= 4 is 0 Å². The minimum absolute atomic E-state index is 0.0933. The van der Waals surface area contributed by atoms with Gasteiger partial charge in [0.1, 0.15) is 135 Å². The van der Waals surface area contributed by atoms with Crippen molar-refractivity contribution in [2.45, 2.75) is 176 Å². The Bertz CT molecular complexity index is 4470. The van der Waals surface area contributed by atoms with Crippen LogP contribution in [-0.4, -0.2) is 155 Å². The molecule has 568 valence electrons. The molecule has 6 unspecified atom stereocenters. The summed E-state index contributed by atoms with van der Waals surface area (Å²) >= 11 is 0. The van der Waals surface area contributed by atoms with E-state index in [4.69, 9.17) is 56.8 Å². The first-order valence-corrected chi connectivity index (χ1v) is 37.6. The monoisotopic (exact) mass is 1470 g/mol. The lowest BCUT2D eigenvalue weighted by Gasteiger charge is -2.43. The molecule has 18 atom stereocenters. The average Bonchev–Trinajstić information content (AvgIpc) is 0.915. The maximum atomic E-state index is 11.4. The molecule has 108 heavy (non-hydrogen) atoms. The van der Waals surface area contributed by atoms with Crippen molar-refractivity contribution in [3.05, 3.63) is 277 Å². The summed E-state index contributed by atoms with van der Waals surface area (Å²) in [6.45, 7) is 7.72. The van der Waals surface area contributed by atoms with Crippen LogP contribution in [0.3, 0.4) is 0 Å². The van der Waals surface area contributed by atoms with Crippen molar-refractivity contribution in [3.63, 3.8) is 0 Å². The van der Waals surface area contributed by atoms with Crippen molar-refractivity contribution in [1.29, 1.82) is 0 Å². The Kier molecular flexibility index (Phi) is 23.1. The van der Waals surface area contributed by atoms with Gasteiger partial charge in [0, 0.05) is 18.8 Å². The Labute approximate surface area is 629 Å². The summed E-state index contributed by atoms with van der Waals surface area (Å²) in [5.74, 6) is 3.64. The Hall–Kier alpha value is -8.52. The molecule has 3 fully saturated rings. The molecule has 0 radical (unpaired) electrons. The first-order valence-electron chi connectivity index (χ1n) is 37.6. The number of ether oxygens (including phenoxy) is 12. The van der Waals surface area contributed by atoms with E-state index in [1.54, 1.807) is 7.11 Å². The molecule has 3 saturated heterocycles. The molecule has 8 aromatic carbocycles. The van der Waals surface area contributed by atoms with Crippen LogP contribution in [0.1, 0.15) is 146 Å². The van der Waals surface area contributed by atoms with Gasteiger partial charge in [-0.05, 0) is 202 Å². The number of hydrogen-bond donors (Lipinski definition) is 8. The van der Waals surface area contributed by atoms with Crippen LogP contribution < -0.4 is 23.7 Å². The Morgan fingerprint density at radius 2 is 1.00 bits per heavy atom. The average molecular weight is 1470 g/mol. The van der Waals surface area contributed by atoms with Gasteiger partial charge in [-0.1, -0.05) is 115 Å². The van der Waals surface area contributed by atoms with Gasteiger partial charge in [0.2, 0.25) is 0 Å². The lowest BCUT2D eigenvalue weighted by Crippen LogP contribution is -2.60. The number of hydrogen-bond acceptors (Lipinski definition) is 20. The van der Waals surface area contributed by atoms with E-state index < -0.39 is 85.5 Å². The molecule has 8 N–H and O–H groups in total. The van der Waals surface area contributed by atoms with E-state index in [1.165, 1.54) is 5.56 Å². The molecule has 6 heterocycles. The van der Waals surface area contributed by atoms with E-state index in [0.717, 1.165) is 95.0 Å². The van der Waals surface area contributed by atoms with Crippen molar-refractivity contribution in [2.24, 2.45) is 5.92 Å². The Morgan fingerprint density at radius 1 is 0.444 bits per heavy atom. The van der Waals surface area contributed by atoms with E-state index in [9.17, 15) is 40.9 Å². The van der Waals surface area contributed by atoms with Gasteiger partial charge in [0.25, 0.3) is 0 Å². The van der Waals surface area contributed by atoms with Gasteiger partial charge in [0.05, 0.1) is 63.6 Å². The predicted molar refractivity (Wildman–Crippen MR) is 399 cm³/mol. The zero-order valence-corrected chi connectivity index (χ0v) is 61.1. The van der Waals surface area contributed by atoms with E-state index in [2.05, 4.69) is 32.0 Å². The van der Waals surface area contributed by atoms with Gasteiger partial charge in [0.15, 0.2) is 0 Å². The largest absolute Gasteiger partial charge is 0.497 e. The summed E-state index contributed by atoms with van der Waals surface area (Å²) in [7, 11) is 1.63. The second kappa shape index (κ2) is 33.4. The van der Waals surface area contributed by atoms with Gasteiger partial charge in [-0.15, -0.1) is 0 Å². The van der Waals surface area contributed by atoms with Gasteiger partial charge in [-0.25, -0.2) is 0 Å². The fraction of sp³-hybridized carbons (Fsp3) is 0.409. The molecular weight excluding hydrogens is 1380 g/mol. The fourth-order valence-electron chi connectivity index (χ4n) is 16.1. The standard InChI is InChI=1S/C88H96O20/c1-49-9-17-55(76-40-74(91)82(92)77(41-89)107-76)34-60(49)31-52-11-21-64(22-12-52)100-46-79-71-37-66(27-19-59(71)43-104-79)98-44-68-39-73(90)83(93)87(106-68)56-18-10-50(2)61(35-56)32-53-13-23-65(24-14-53)101-47-80-72-38-67(28-29-69(72)51(3)105-80)102-48-81-84(94)85(95)86(96)88(108-81)57-20-30-75(97-4)62(36-57)33-54-15-25-63(26-16-54)99-45-78-70-8-6-5-7-58(70)42-103-78/h5-30,34-35,37-38,51,57,68,73-74,76-96H,31-33,36,39-48H2,1-4H3/t51?,57?,68-,73-,74+,76+,77+,78?,79?,80?,81+,82-,83+,84?,85-,86+,87-,88-/m0/s1. The topological polar surface area (TPSA) is 273 Å². The molecular formula is C88H96O20. The lowest BCUT2D eigenvalue weighted by atomic mass is 9.81. The number of aliphatic hydroxyl groups is 8. The van der Waals surface area contributed by atoms with Crippen LogP contribution in [0.25, 0.3) is 0 Å². The summed E-state index contributed by atoms with van der Waals surface area (Å²) in [5, 5.41) is 87.1. The van der Waals surface area contributed by atoms with Crippen LogP contribution in [0.15, 0.2) is 193 Å². The number of fused-ring (bicyclic) bond motifs is 3. The van der Waals surface area contributed by atoms with Gasteiger partial charge >= 0.3 is 0 Å². The summed E-state index contributed by atoms with van der Waals surface area (Å²) in [4.78, 5) is 0. The van der Waals surface area contributed by atoms with E-state index in [1.807, 2.05) is 171 Å². The third-order valence-corrected chi connectivity index (χ3v) is 22.4. The molecule has 20 heteroatoms. The molecule has 0 amide bonds. The molecule has 0 bridgehead atoms. The maximum absolute atomic E-state index is 11.4. The van der Waals surface area contributed by atoms with Crippen molar-refractivity contribution in [1.82, 2.24) is 0 Å². The third kappa shape index (κ3) is 16.8. The molecule has 1 aliphatic carbocycles. The van der Waals surface area contributed by atoms with Crippen LogP contribution in [-0.2, 0) is 65.6 Å². The summed E-state index contributed by atoms with van der Waals surface area (Å²) in [5.41, 5.74) is 16.4. The molecule has 0 saturated carbocycles. The van der Waals surface area contributed by atoms with Gasteiger partial charge in [-0.3, -0.25) is 0 Å². The molecule has 0 spiro atoms. The molecule has 15 rings (SSSR count). The molecule has 7 aliphatic rings. The molecule has 6 aliphatic heterocycles. The molecule has 20 nitrogen and oxygen atoms in total. The minimum atomic E-state index is -1.48. The highest BCUT2D eigenvalue weighted by Gasteiger charge is 2.48. The van der Waals surface area contributed by atoms with Crippen LogP contribution in [0.4, 0.5) is 0 Å². The van der Waals surface area contributed by atoms with E-state index in [-0.39, 0.29) is 70.1 Å². The Balaban J connectivity index is 0.512. The number of aryl methyl sites for hydroxylation is 2. The molecule has 0 aromatic heterocycles. The highest BCUT2D eigenvalue weighted by atomic mass is 16.6. The number of benzene rings is 8. The second-order valence-electron chi connectivity index (χ2n) is 29.7. The number of rotatable bonds is 26. The second-order valence-corrected chi connectivity index (χ2v) is 29.7. The normalized spacial score (nSPS) is 28.6. The zero-order valence-electron chi connectivity index (χ0n) is 61.1. The number of methoxy groups -OCH3 is 1. The van der Waals surface area contributed by atoms with Crippen LogP contribution in [0.2, 0.25) is 0 Å². The highest BCUT2D eigenvalue weighted by molar-refractivity contribution is 5.45. The highest BCUT2D eigenvalue weighted by Crippen LogP contribution is 2.44. The zero-order chi connectivity index (χ0) is 74.7. The molecule has 8 aromatic rings. The van der Waals surface area contributed by atoms with Crippen LogP contribution in [0.5, 0.6) is 28.7 Å². The quantitative estimate of drug-likeness (QED) is 0.0250. The smallest absolute Gasteiger partial charge is 0.120 e. The van der Waals surface area contributed by atoms with Gasteiger partial charge in [-0.2, -0.15) is 0 Å². The van der Waals surface area contributed by atoms with Gasteiger partial charge < -0.3 is 97.7 Å². The van der Waals surface area contributed by atoms with Crippen molar-refractivity contribution in [2.75, 3.05) is 46.8 Å². The summed E-state index contributed by atoms with van der Waals surface area (Å²) in [6, 6.07) is 55.8. The SMILES string of the molecule is COC1=C(Cc2ccc(OCC3OCc4ccccc43)cc2)CC([C@@H]2O[C@H](COc3ccc4c(c3)C(COc3ccc(Cc5cc([C@@H]6O[C@H](COc7ccc8c(c7)C(COc7ccc(Cc9cc([C@H]%10C[C@@H](O)[C@H](O)[C@@H](CO)O%10)ccc9C)cc7)OC8)C[C@H](O)[C@H]6O)ccc5C)cc3)OC4C)C(O)[C@H](O)[C@H]2O)C=C1. The van der Waals surface area contributed by atoms with Crippen molar-refractivity contribution in [3.8, 4) is 28.7 Å². The van der Waals surface area contributed by atoms with E-state index >= 15 is 0 Å². The van der Waals surface area contributed by atoms with Crippen LogP contribution in [0, 0.1) is 19.8 Å². The first-order chi connectivity index (χ1) is 52.4. The Morgan fingerprint density at radius 3 is 1.66 bits per heavy atom. The van der Waals surface area contributed by atoms with Crippen LogP contribution >= 0.6 is 0 Å². The summed E-state index contributed by atoms with van der Waals surface area (Å²) < 4.78 is 74.9. The van der Waals surface area contributed by atoms with Crippen molar-refractivity contribution < 1.29 is 97.7 Å². The van der Waals surface area contributed by atoms with E-state index in [0.29, 0.717) is 68.5 Å². The number of allylic oxidation sites excluding steroid dienone is 2. The third-order valence-electron chi connectivity index (χ3n) is 22.4. The minimum Gasteiger partial charge on any atom is -0.497 e. The fourth-order valence-corrected chi connectivity index (χ4v) is 16.1. The first kappa shape index (κ1) is 74.9.